The predicted molar refractivity (Wildman–Crippen MR) is 212 cm³/mol. The molecule has 1 saturated heterocycles. The first kappa shape index (κ1) is 39.1. The number of carbonyl (C=O) groups excluding carboxylic acids is 3. The molecule has 2 atom stereocenters. The molecule has 294 valence electrons. The number of aromatic hydroxyl groups is 1. The van der Waals surface area contributed by atoms with Crippen LogP contribution in [0.3, 0.4) is 0 Å². The molecule has 0 radical (unpaired) electrons. The highest BCUT2D eigenvalue weighted by Crippen LogP contribution is 2.43. The lowest BCUT2D eigenvalue weighted by molar-refractivity contribution is -0.0247. The number of hydrogen-bond acceptors (Lipinski definition) is 11. The molecular weight excluding hydrogens is 746 g/mol. The number of aldehydes is 1. The molecule has 1 aliphatic carbocycles. The van der Waals surface area contributed by atoms with Crippen LogP contribution in [0.5, 0.6) is 5.75 Å². The van der Waals surface area contributed by atoms with Gasteiger partial charge in [-0.1, -0.05) is 30.0 Å². The van der Waals surface area contributed by atoms with Gasteiger partial charge >= 0.3 is 5.69 Å². The third-order valence-corrected chi connectivity index (χ3v) is 9.91. The molecule has 2 amide bonds. The van der Waals surface area contributed by atoms with Crippen molar-refractivity contribution in [2.24, 2.45) is 5.73 Å². The molecule has 7 N–H and O–H groups in total. The average molecular weight is 784 g/mol. The first-order valence-corrected chi connectivity index (χ1v) is 18.3. The Morgan fingerprint density at radius 3 is 2.45 bits per heavy atom. The standard InChI is InChI=1S/C43H37N5O10/c44-19-24-4-6-25(7-5-24)40(53)46-20-34-35(52)14-13-32-38(31-12-10-29(51)18-36(31)58-39(32)34)33-17-26(8-9-28(33)22-49)41(54)45-16-2-1-3-27-21-48(43(56)47-42(27)55)37-15-11-30(23-50)57-37/h4-10,12-14,17-18,21-22,30,37,50,52H,3,11,15-16,19-20,23,44H2,(H,45,54)(H,46,53)(H,47,55,56)/t30-,37+/m0/s1. The Kier molecular flexibility index (Phi) is 11.4. The lowest BCUT2D eigenvalue weighted by atomic mass is 9.89. The molecule has 3 heterocycles. The lowest BCUT2D eigenvalue weighted by Gasteiger charge is -2.19. The van der Waals surface area contributed by atoms with Crippen LogP contribution in [0, 0.1) is 11.8 Å². The number of benzene rings is 4. The van der Waals surface area contributed by atoms with Crippen LogP contribution in [-0.2, 0) is 24.2 Å². The number of nitrogens with two attached hydrogens (primary N) is 1. The summed E-state index contributed by atoms with van der Waals surface area (Å²) in [7, 11) is 0. The first-order chi connectivity index (χ1) is 28.1. The summed E-state index contributed by atoms with van der Waals surface area (Å²) < 4.78 is 13.2. The number of aromatic amines is 1. The molecule has 3 aliphatic rings. The fourth-order valence-electron chi connectivity index (χ4n) is 6.86. The van der Waals surface area contributed by atoms with E-state index in [0.29, 0.717) is 53.3 Å². The van der Waals surface area contributed by atoms with Crippen LogP contribution >= 0.6 is 0 Å². The molecule has 0 spiro atoms. The minimum atomic E-state index is -0.633. The summed E-state index contributed by atoms with van der Waals surface area (Å²) in [5.41, 5.74) is 7.54. The van der Waals surface area contributed by atoms with Crippen molar-refractivity contribution < 1.29 is 33.8 Å². The van der Waals surface area contributed by atoms with Gasteiger partial charge in [0.05, 0.1) is 31.4 Å². The quantitative estimate of drug-likeness (QED) is 0.0635. The van der Waals surface area contributed by atoms with Gasteiger partial charge in [-0.25, -0.2) is 4.79 Å². The van der Waals surface area contributed by atoms with Gasteiger partial charge in [-0.05, 0) is 72.5 Å². The number of aliphatic hydroxyl groups excluding tert-OH is 1. The molecule has 7 rings (SSSR count). The summed E-state index contributed by atoms with van der Waals surface area (Å²) in [4.78, 5) is 78.6. The van der Waals surface area contributed by atoms with Crippen LogP contribution in [0.4, 0.5) is 0 Å². The largest absolute Gasteiger partial charge is 0.507 e. The zero-order chi connectivity index (χ0) is 40.9. The summed E-state index contributed by atoms with van der Waals surface area (Å²) in [5.74, 6) is 4.66. The van der Waals surface area contributed by atoms with Gasteiger partial charge in [0.15, 0.2) is 11.7 Å². The Balaban J connectivity index is 1.16. The van der Waals surface area contributed by atoms with Crippen LogP contribution in [-0.4, -0.2) is 57.1 Å². The molecule has 3 aromatic carbocycles. The van der Waals surface area contributed by atoms with Gasteiger partial charge < -0.3 is 35.7 Å². The zero-order valence-electron chi connectivity index (χ0n) is 30.9. The molecule has 1 fully saturated rings. The summed E-state index contributed by atoms with van der Waals surface area (Å²) in [6.45, 7) is -0.115. The number of rotatable bonds is 11. The molecule has 2 aliphatic heterocycles. The fraction of sp³-hybridized carbons (Fsp3) is 0.209. The molecule has 0 unspecified atom stereocenters. The topological polar surface area (TPSA) is 236 Å². The number of carbonyl (C=O) groups is 3. The third-order valence-electron chi connectivity index (χ3n) is 9.91. The summed E-state index contributed by atoms with van der Waals surface area (Å²) >= 11 is 0. The number of aliphatic hydroxyl groups is 1. The second kappa shape index (κ2) is 16.9. The average Bonchev–Trinajstić information content (AvgIpc) is 3.72. The van der Waals surface area contributed by atoms with E-state index in [1.54, 1.807) is 36.4 Å². The van der Waals surface area contributed by atoms with Crippen molar-refractivity contribution >= 4 is 29.1 Å². The highest BCUT2D eigenvalue weighted by molar-refractivity contribution is 6.08. The van der Waals surface area contributed by atoms with E-state index in [2.05, 4.69) is 27.5 Å². The van der Waals surface area contributed by atoms with Gasteiger partial charge in [0.2, 0.25) is 0 Å². The Labute approximate surface area is 329 Å². The van der Waals surface area contributed by atoms with E-state index in [1.165, 1.54) is 47.2 Å². The maximum Gasteiger partial charge on any atom is 0.330 e. The van der Waals surface area contributed by atoms with Gasteiger partial charge in [-0.15, -0.1) is 0 Å². The van der Waals surface area contributed by atoms with Gasteiger partial charge in [0.25, 0.3) is 17.4 Å². The number of amides is 2. The molecule has 4 aromatic rings. The Morgan fingerprint density at radius 1 is 0.931 bits per heavy atom. The van der Waals surface area contributed by atoms with Crippen molar-refractivity contribution in [3.63, 3.8) is 0 Å². The van der Waals surface area contributed by atoms with Crippen LogP contribution in [0.1, 0.15) is 66.8 Å². The number of ether oxygens (including phenoxy) is 1. The Bertz CT molecular complexity index is 2780. The number of H-pyrrole nitrogens is 1. The van der Waals surface area contributed by atoms with Gasteiger partial charge in [0, 0.05) is 64.0 Å². The minimum Gasteiger partial charge on any atom is -0.507 e. The van der Waals surface area contributed by atoms with E-state index >= 15 is 0 Å². The van der Waals surface area contributed by atoms with Gasteiger partial charge in [-0.2, -0.15) is 0 Å². The highest BCUT2D eigenvalue weighted by atomic mass is 16.5. The van der Waals surface area contributed by atoms with Crippen LogP contribution in [0.15, 0.2) is 97.8 Å². The number of nitrogens with one attached hydrogen (secondary N) is 3. The number of hydrogen-bond donors (Lipinski definition) is 6. The molecule has 15 nitrogen and oxygen atoms in total. The normalized spacial score (nSPS) is 14.9. The molecule has 58 heavy (non-hydrogen) atoms. The monoisotopic (exact) mass is 783 g/mol. The molecule has 0 bridgehead atoms. The van der Waals surface area contributed by atoms with Crippen molar-refractivity contribution in [1.82, 2.24) is 20.2 Å². The van der Waals surface area contributed by atoms with E-state index in [1.807, 2.05) is 0 Å². The number of fused-ring (bicyclic) bond motifs is 2. The molecule has 15 heteroatoms. The smallest absolute Gasteiger partial charge is 0.330 e. The number of phenolic OH excluding ortho intramolecular Hbond substituents is 1. The lowest BCUT2D eigenvalue weighted by Crippen LogP contribution is -2.34. The SMILES string of the molecule is NCc1ccc(C(=O)NCc2c(O)ccc3c(-c4cc(C(=O)NCC#CCc5cn([C@H]6CC[C@@H](CO)O6)c(=O)[nH]c5=O)ccc4C=O)c4ccc(=O)cc-4oc23)cc1. The van der Waals surface area contributed by atoms with E-state index in [4.69, 9.17) is 14.9 Å². The fourth-order valence-corrected chi connectivity index (χ4v) is 6.86. The zero-order valence-corrected chi connectivity index (χ0v) is 30.9. The van der Waals surface area contributed by atoms with Crippen molar-refractivity contribution in [3.05, 3.63) is 143 Å². The van der Waals surface area contributed by atoms with Gasteiger partial charge in [-0.3, -0.25) is 33.5 Å². The van der Waals surface area contributed by atoms with Crippen molar-refractivity contribution in [2.75, 3.05) is 13.2 Å². The second-order valence-corrected chi connectivity index (χ2v) is 13.6. The summed E-state index contributed by atoms with van der Waals surface area (Å²) in [5, 5.41) is 26.3. The van der Waals surface area contributed by atoms with E-state index in [0.717, 1.165) is 5.56 Å². The summed E-state index contributed by atoms with van der Waals surface area (Å²) in [6.07, 6.45) is 2.05. The second-order valence-electron chi connectivity index (χ2n) is 13.6. The van der Waals surface area contributed by atoms with Crippen molar-refractivity contribution in [3.8, 4) is 40.0 Å². The van der Waals surface area contributed by atoms with E-state index in [9.17, 15) is 39.0 Å². The van der Waals surface area contributed by atoms with Gasteiger partial charge in [0.1, 0.15) is 23.3 Å². The summed E-state index contributed by atoms with van der Waals surface area (Å²) in [6, 6.07) is 18.4. The Hall–Kier alpha value is -7.12. The van der Waals surface area contributed by atoms with Crippen LogP contribution < -0.4 is 33.0 Å². The molecular formula is C43H37N5O10. The number of phenols is 1. The van der Waals surface area contributed by atoms with Crippen LogP contribution in [0.2, 0.25) is 0 Å². The minimum absolute atomic E-state index is 0.0206. The number of aromatic nitrogens is 2. The maximum absolute atomic E-state index is 13.4. The van der Waals surface area contributed by atoms with Crippen molar-refractivity contribution in [2.45, 2.75) is 44.7 Å². The maximum atomic E-state index is 13.4. The Morgan fingerprint density at radius 2 is 1.71 bits per heavy atom. The first-order valence-electron chi connectivity index (χ1n) is 18.3. The third kappa shape index (κ3) is 8.06. The van der Waals surface area contributed by atoms with Crippen molar-refractivity contribution in [1.29, 1.82) is 0 Å². The number of nitrogens with zero attached hydrogens (tertiary/aromatic N) is 1. The molecule has 1 aromatic heterocycles. The van der Waals surface area contributed by atoms with E-state index < -0.39 is 35.4 Å². The van der Waals surface area contributed by atoms with E-state index in [-0.39, 0.29) is 70.9 Å². The van der Waals surface area contributed by atoms with Crippen LogP contribution in [0.25, 0.3) is 33.4 Å². The molecule has 0 saturated carbocycles. The highest BCUT2D eigenvalue weighted by Gasteiger charge is 2.27. The predicted octanol–water partition coefficient (Wildman–Crippen LogP) is 2.97.